The van der Waals surface area contributed by atoms with Crippen LogP contribution >= 0.6 is 0 Å². The minimum absolute atomic E-state index is 0.121. The summed E-state index contributed by atoms with van der Waals surface area (Å²) in [6.45, 7) is 3.16. The van der Waals surface area contributed by atoms with Crippen LogP contribution in [0.15, 0.2) is 24.3 Å². The molecule has 0 amide bonds. The molecule has 1 aromatic carbocycles. The smallest absolute Gasteiger partial charge is 0.123 e. The van der Waals surface area contributed by atoms with Gasteiger partial charge in [0.1, 0.15) is 5.82 Å². The van der Waals surface area contributed by atoms with Crippen LogP contribution in [0.1, 0.15) is 25.3 Å². The van der Waals surface area contributed by atoms with Gasteiger partial charge in [-0.3, -0.25) is 0 Å². The third kappa shape index (κ3) is 1.78. The summed E-state index contributed by atoms with van der Waals surface area (Å²) >= 11 is 0. The van der Waals surface area contributed by atoms with Crippen LogP contribution in [0.2, 0.25) is 0 Å². The Balaban J connectivity index is 2.27. The molecule has 0 heterocycles. The maximum absolute atomic E-state index is 13.2. The molecule has 2 rings (SSSR count). The summed E-state index contributed by atoms with van der Waals surface area (Å²) in [6, 6.07) is 7.07. The molecule has 2 heteroatoms. The summed E-state index contributed by atoms with van der Waals surface area (Å²) in [5, 5.41) is 3.23. The van der Waals surface area contributed by atoms with E-state index in [0.717, 1.165) is 12.1 Å². The highest BCUT2D eigenvalue weighted by atomic mass is 19.1. The molecular formula is C13H18FN. The van der Waals surface area contributed by atoms with E-state index < -0.39 is 0 Å². The number of likely N-dealkylation sites (N-methyl/N-ethyl adjacent to an activating group) is 1. The molecule has 0 saturated heterocycles. The van der Waals surface area contributed by atoms with Crippen molar-refractivity contribution in [3.05, 3.63) is 35.6 Å². The summed E-state index contributed by atoms with van der Waals surface area (Å²) in [4.78, 5) is 0. The van der Waals surface area contributed by atoms with Crippen molar-refractivity contribution in [1.29, 1.82) is 0 Å². The van der Waals surface area contributed by atoms with Crippen molar-refractivity contribution in [1.82, 2.24) is 5.32 Å². The number of rotatable bonds is 4. The van der Waals surface area contributed by atoms with E-state index >= 15 is 0 Å². The van der Waals surface area contributed by atoms with Gasteiger partial charge in [0.05, 0.1) is 0 Å². The first-order chi connectivity index (χ1) is 7.23. The van der Waals surface area contributed by atoms with Crippen molar-refractivity contribution < 1.29 is 4.39 Å². The van der Waals surface area contributed by atoms with Crippen molar-refractivity contribution in [2.45, 2.75) is 25.2 Å². The summed E-state index contributed by atoms with van der Waals surface area (Å²) in [5.41, 5.74) is 1.36. The van der Waals surface area contributed by atoms with Crippen LogP contribution in [0, 0.1) is 11.7 Å². The molecule has 0 bridgehead atoms. The summed E-state index contributed by atoms with van der Waals surface area (Å²) < 4.78 is 13.2. The molecule has 2 atom stereocenters. The molecule has 1 N–H and O–H groups in total. The van der Waals surface area contributed by atoms with Crippen molar-refractivity contribution in [3.8, 4) is 0 Å². The lowest BCUT2D eigenvalue weighted by atomic mass is 9.92. The number of nitrogens with one attached hydrogen (secondary N) is 1. The first-order valence-electron chi connectivity index (χ1n) is 5.63. The highest BCUT2D eigenvalue weighted by Gasteiger charge is 2.53. The molecule has 1 nitrogen and oxygen atoms in total. The SMILES string of the molecule is CCC1CC1(CNC)c1cccc(F)c1. The van der Waals surface area contributed by atoms with E-state index in [1.165, 1.54) is 18.9 Å². The Morgan fingerprint density at radius 3 is 2.87 bits per heavy atom. The molecule has 2 unspecified atom stereocenters. The predicted molar refractivity (Wildman–Crippen MR) is 60.4 cm³/mol. The number of hydrogen-bond acceptors (Lipinski definition) is 1. The molecule has 0 radical (unpaired) electrons. The van der Waals surface area contributed by atoms with Gasteiger partial charge in [-0.15, -0.1) is 0 Å². The van der Waals surface area contributed by atoms with E-state index in [2.05, 4.69) is 18.3 Å². The topological polar surface area (TPSA) is 12.0 Å². The van der Waals surface area contributed by atoms with Gasteiger partial charge in [0.15, 0.2) is 0 Å². The Morgan fingerprint density at radius 1 is 1.53 bits per heavy atom. The minimum Gasteiger partial charge on any atom is -0.319 e. The van der Waals surface area contributed by atoms with Gasteiger partial charge in [0.25, 0.3) is 0 Å². The second kappa shape index (κ2) is 3.93. The zero-order valence-corrected chi connectivity index (χ0v) is 9.39. The zero-order chi connectivity index (χ0) is 10.9. The van der Waals surface area contributed by atoms with E-state index in [1.807, 2.05) is 13.1 Å². The van der Waals surface area contributed by atoms with Gasteiger partial charge in [-0.25, -0.2) is 4.39 Å². The lowest BCUT2D eigenvalue weighted by Crippen LogP contribution is -2.25. The van der Waals surface area contributed by atoms with Crippen LogP contribution in [0.5, 0.6) is 0 Å². The number of halogens is 1. The molecule has 1 saturated carbocycles. The predicted octanol–water partition coefficient (Wildman–Crippen LogP) is 2.71. The number of hydrogen-bond donors (Lipinski definition) is 1. The molecule has 1 fully saturated rings. The van der Waals surface area contributed by atoms with Crippen molar-refractivity contribution in [3.63, 3.8) is 0 Å². The van der Waals surface area contributed by atoms with Crippen LogP contribution in [-0.4, -0.2) is 13.6 Å². The highest BCUT2D eigenvalue weighted by molar-refractivity contribution is 5.34. The van der Waals surface area contributed by atoms with E-state index in [9.17, 15) is 4.39 Å². The number of benzene rings is 1. The quantitative estimate of drug-likeness (QED) is 0.800. The third-order valence-electron chi connectivity index (χ3n) is 3.62. The Labute approximate surface area is 90.7 Å². The Hall–Kier alpha value is -0.890. The van der Waals surface area contributed by atoms with E-state index in [0.29, 0.717) is 5.92 Å². The van der Waals surface area contributed by atoms with Gasteiger partial charge in [-0.2, -0.15) is 0 Å². The largest absolute Gasteiger partial charge is 0.319 e. The molecular weight excluding hydrogens is 189 g/mol. The van der Waals surface area contributed by atoms with Crippen molar-refractivity contribution in [2.75, 3.05) is 13.6 Å². The average Bonchev–Trinajstić information content (AvgIpc) is 2.94. The van der Waals surface area contributed by atoms with Crippen LogP contribution in [-0.2, 0) is 5.41 Å². The Kier molecular flexibility index (Phi) is 2.79. The van der Waals surface area contributed by atoms with Crippen molar-refractivity contribution >= 4 is 0 Å². The highest BCUT2D eigenvalue weighted by Crippen LogP contribution is 2.55. The van der Waals surface area contributed by atoms with E-state index in [1.54, 1.807) is 6.07 Å². The monoisotopic (exact) mass is 207 g/mol. The van der Waals surface area contributed by atoms with E-state index in [-0.39, 0.29) is 11.2 Å². The second-order valence-electron chi connectivity index (χ2n) is 4.51. The van der Waals surface area contributed by atoms with Gasteiger partial charge in [-0.1, -0.05) is 25.5 Å². The van der Waals surface area contributed by atoms with Gasteiger partial charge in [0, 0.05) is 12.0 Å². The van der Waals surface area contributed by atoms with Gasteiger partial charge < -0.3 is 5.32 Å². The standard InChI is InChI=1S/C13H18FN/c1-3-10-8-13(10,9-15-2)11-5-4-6-12(14)7-11/h4-7,10,15H,3,8-9H2,1-2H3. The summed E-state index contributed by atoms with van der Waals surface area (Å²) in [6.07, 6.45) is 2.37. The fourth-order valence-electron chi connectivity index (χ4n) is 2.70. The Bertz CT molecular complexity index is 350. The van der Waals surface area contributed by atoms with Gasteiger partial charge in [-0.05, 0) is 37.1 Å². The van der Waals surface area contributed by atoms with Gasteiger partial charge in [0.2, 0.25) is 0 Å². The molecule has 0 spiro atoms. The third-order valence-corrected chi connectivity index (χ3v) is 3.62. The molecule has 15 heavy (non-hydrogen) atoms. The average molecular weight is 207 g/mol. The molecule has 1 aliphatic rings. The lowest BCUT2D eigenvalue weighted by molar-refractivity contribution is 0.546. The fraction of sp³-hybridized carbons (Fsp3) is 0.538. The second-order valence-corrected chi connectivity index (χ2v) is 4.51. The Morgan fingerprint density at radius 2 is 2.33 bits per heavy atom. The maximum Gasteiger partial charge on any atom is 0.123 e. The van der Waals surface area contributed by atoms with Crippen LogP contribution < -0.4 is 5.32 Å². The fourth-order valence-corrected chi connectivity index (χ4v) is 2.70. The first kappa shape index (κ1) is 10.6. The molecule has 82 valence electrons. The van der Waals surface area contributed by atoms with Crippen molar-refractivity contribution in [2.24, 2.45) is 5.92 Å². The molecule has 1 aromatic rings. The van der Waals surface area contributed by atoms with Crippen LogP contribution in [0.25, 0.3) is 0 Å². The summed E-state index contributed by atoms with van der Waals surface area (Å²) in [7, 11) is 1.96. The molecule has 0 aromatic heterocycles. The zero-order valence-electron chi connectivity index (χ0n) is 9.39. The molecule has 1 aliphatic carbocycles. The van der Waals surface area contributed by atoms with E-state index in [4.69, 9.17) is 0 Å². The van der Waals surface area contributed by atoms with Gasteiger partial charge >= 0.3 is 0 Å². The maximum atomic E-state index is 13.2. The minimum atomic E-state index is -0.121. The summed E-state index contributed by atoms with van der Waals surface area (Å²) in [5.74, 6) is 0.594. The molecule has 0 aliphatic heterocycles. The first-order valence-corrected chi connectivity index (χ1v) is 5.63. The lowest BCUT2D eigenvalue weighted by Gasteiger charge is -2.17. The van der Waals surface area contributed by atoms with Crippen LogP contribution in [0.3, 0.4) is 0 Å². The van der Waals surface area contributed by atoms with Crippen LogP contribution in [0.4, 0.5) is 4.39 Å². The normalized spacial score (nSPS) is 29.1.